The second kappa shape index (κ2) is 11.2. The van der Waals surface area contributed by atoms with Crippen LogP contribution >= 0.6 is 0 Å². The van der Waals surface area contributed by atoms with E-state index in [4.69, 9.17) is 20.0 Å². The van der Waals surface area contributed by atoms with Crippen molar-refractivity contribution in [2.75, 3.05) is 6.61 Å². The Morgan fingerprint density at radius 3 is 2.58 bits per heavy atom. The second-order valence-electron chi connectivity index (χ2n) is 9.58. The number of carbonyl (C=O) groups is 1. The normalized spacial score (nSPS) is 15.7. The molecule has 0 radical (unpaired) electrons. The molecule has 1 saturated carbocycles. The number of hydrogen-bond acceptors (Lipinski definition) is 8. The van der Waals surface area contributed by atoms with Gasteiger partial charge in [-0.1, -0.05) is 24.9 Å². The maximum absolute atomic E-state index is 11.0. The quantitative estimate of drug-likeness (QED) is 0.388. The smallest absolute Gasteiger partial charge is 0.258 e. The summed E-state index contributed by atoms with van der Waals surface area (Å²) in [6, 6.07) is 7.90. The molecule has 1 amide bonds. The lowest BCUT2D eigenvalue weighted by molar-refractivity contribution is -0.127. The van der Waals surface area contributed by atoms with Gasteiger partial charge in [0, 0.05) is 34.9 Å². The van der Waals surface area contributed by atoms with Crippen molar-refractivity contribution >= 4 is 5.91 Å². The fourth-order valence-corrected chi connectivity index (χ4v) is 4.77. The van der Waals surface area contributed by atoms with Crippen molar-refractivity contribution in [3.8, 4) is 28.6 Å². The summed E-state index contributed by atoms with van der Waals surface area (Å²) in [6.45, 7) is 5.82. The number of aliphatic hydroxyl groups is 2. The Hall–Kier alpha value is -3.30. The molecule has 0 aliphatic heterocycles. The monoisotopic (exact) mass is 494 g/mol. The zero-order valence-electron chi connectivity index (χ0n) is 21.0. The van der Waals surface area contributed by atoms with Gasteiger partial charge in [0.05, 0.1) is 6.10 Å². The number of nitrogens with zero attached hydrogens (tertiary/aromatic N) is 3. The number of carbonyl (C=O) groups excluding carboxylic acids is 1. The van der Waals surface area contributed by atoms with E-state index in [1.54, 1.807) is 0 Å². The van der Waals surface area contributed by atoms with Crippen LogP contribution < -0.4 is 10.5 Å². The van der Waals surface area contributed by atoms with E-state index in [2.05, 4.69) is 16.2 Å². The molecule has 192 valence electrons. The molecule has 4 rings (SSSR count). The number of aryl methyl sites for hydroxylation is 3. The highest BCUT2D eigenvalue weighted by Crippen LogP contribution is 2.35. The number of pyridine rings is 1. The van der Waals surface area contributed by atoms with E-state index < -0.39 is 18.1 Å². The predicted octanol–water partition coefficient (Wildman–Crippen LogP) is 3.61. The zero-order chi connectivity index (χ0) is 25.8. The highest BCUT2D eigenvalue weighted by molar-refractivity contribution is 5.78. The first-order valence-corrected chi connectivity index (χ1v) is 12.5. The second-order valence-corrected chi connectivity index (χ2v) is 9.58. The van der Waals surface area contributed by atoms with Crippen LogP contribution in [0.15, 0.2) is 28.8 Å². The van der Waals surface area contributed by atoms with Crippen LogP contribution in [0.3, 0.4) is 0 Å². The van der Waals surface area contributed by atoms with Gasteiger partial charge in [0.25, 0.3) is 5.89 Å². The number of benzene rings is 1. The van der Waals surface area contributed by atoms with Crippen LogP contribution in [0, 0.1) is 13.8 Å². The lowest BCUT2D eigenvalue weighted by atomic mass is 10.0. The lowest BCUT2D eigenvalue weighted by Crippen LogP contribution is -2.33. The molecular weight excluding hydrogens is 460 g/mol. The van der Waals surface area contributed by atoms with Gasteiger partial charge in [0.1, 0.15) is 18.5 Å². The number of nitrogens with two attached hydrogens (primary N) is 1. The van der Waals surface area contributed by atoms with Crippen molar-refractivity contribution in [3.63, 3.8) is 0 Å². The zero-order valence-corrected chi connectivity index (χ0v) is 21.0. The molecule has 0 saturated heterocycles. The molecule has 1 aliphatic rings. The fourth-order valence-electron chi connectivity index (χ4n) is 4.77. The minimum Gasteiger partial charge on any atom is -0.490 e. The number of amides is 1. The van der Waals surface area contributed by atoms with E-state index in [9.17, 15) is 15.0 Å². The Balaban J connectivity index is 1.53. The van der Waals surface area contributed by atoms with Gasteiger partial charge in [-0.3, -0.25) is 9.78 Å². The number of primary amides is 1. The van der Waals surface area contributed by atoms with Gasteiger partial charge in [-0.15, -0.1) is 0 Å². The molecule has 1 aliphatic carbocycles. The van der Waals surface area contributed by atoms with E-state index >= 15 is 0 Å². The Bertz CT molecular complexity index is 1220. The Kier molecular flexibility index (Phi) is 8.01. The van der Waals surface area contributed by atoms with E-state index in [0.717, 1.165) is 33.6 Å². The summed E-state index contributed by atoms with van der Waals surface area (Å²) in [6.07, 6.45) is 2.88. The van der Waals surface area contributed by atoms with Gasteiger partial charge in [0.2, 0.25) is 11.7 Å². The summed E-state index contributed by atoms with van der Waals surface area (Å²) in [5.41, 5.74) is 10.5. The highest BCUT2D eigenvalue weighted by Gasteiger charge is 2.22. The molecule has 0 spiro atoms. The predicted molar refractivity (Wildman–Crippen MR) is 134 cm³/mol. The summed E-state index contributed by atoms with van der Waals surface area (Å²) in [5.74, 6) is 1.20. The summed E-state index contributed by atoms with van der Waals surface area (Å²) >= 11 is 0. The minimum absolute atomic E-state index is 0.0748. The Morgan fingerprint density at radius 2 is 1.89 bits per heavy atom. The van der Waals surface area contributed by atoms with Crippen molar-refractivity contribution in [1.82, 2.24) is 15.1 Å². The van der Waals surface area contributed by atoms with Crippen molar-refractivity contribution in [1.29, 1.82) is 0 Å². The van der Waals surface area contributed by atoms with Gasteiger partial charge in [-0.25, -0.2) is 0 Å². The first kappa shape index (κ1) is 25.8. The third-order valence-corrected chi connectivity index (χ3v) is 6.65. The van der Waals surface area contributed by atoms with E-state index in [-0.39, 0.29) is 13.0 Å². The standard InChI is InChI=1S/C27H34N4O5/c1-4-17-11-19(9-15(2)24(17)35-14-21(32)13-23(33)25(28)34)26-30-27(36-31-26)20-10-16(3)29-22(12-20)18-7-5-6-8-18/h9-12,18,21,23,32-33H,4-8,13-14H2,1-3H3,(H2,28,34)/t21-,23?/m0/s1. The topological polar surface area (TPSA) is 145 Å². The van der Waals surface area contributed by atoms with Crippen LogP contribution in [-0.4, -0.2) is 50.1 Å². The minimum atomic E-state index is -1.41. The van der Waals surface area contributed by atoms with Gasteiger partial charge < -0.3 is 25.2 Å². The molecule has 2 aromatic heterocycles. The van der Waals surface area contributed by atoms with E-state index in [0.29, 0.717) is 29.8 Å². The Labute approximate surface area is 210 Å². The van der Waals surface area contributed by atoms with Crippen molar-refractivity contribution < 1.29 is 24.3 Å². The van der Waals surface area contributed by atoms with E-state index in [1.807, 2.05) is 39.0 Å². The van der Waals surface area contributed by atoms with Gasteiger partial charge in [-0.2, -0.15) is 4.98 Å². The molecule has 9 heteroatoms. The number of hydrogen-bond donors (Lipinski definition) is 3. The molecule has 2 atom stereocenters. The van der Waals surface area contributed by atoms with Crippen LogP contribution in [-0.2, 0) is 11.2 Å². The molecular formula is C27H34N4O5. The SMILES string of the molecule is CCc1cc(-c2noc(-c3cc(C)nc(C4CCCC4)c3)n2)cc(C)c1OC[C@@H](O)CC(O)C(N)=O. The van der Waals surface area contributed by atoms with Crippen LogP contribution in [0.5, 0.6) is 5.75 Å². The molecule has 0 bridgehead atoms. The third kappa shape index (κ3) is 5.91. The number of aromatic nitrogens is 3. The molecule has 1 aromatic carbocycles. The Morgan fingerprint density at radius 1 is 1.14 bits per heavy atom. The largest absolute Gasteiger partial charge is 0.490 e. The summed E-state index contributed by atoms with van der Waals surface area (Å²) in [4.78, 5) is 20.4. The molecule has 9 nitrogen and oxygen atoms in total. The highest BCUT2D eigenvalue weighted by atomic mass is 16.5. The molecule has 1 unspecified atom stereocenters. The summed E-state index contributed by atoms with van der Waals surface area (Å²) < 4.78 is 11.5. The van der Waals surface area contributed by atoms with Gasteiger partial charge >= 0.3 is 0 Å². The van der Waals surface area contributed by atoms with Gasteiger partial charge in [-0.05, 0) is 68.5 Å². The van der Waals surface area contributed by atoms with Crippen molar-refractivity contribution in [2.45, 2.75) is 77.4 Å². The first-order valence-electron chi connectivity index (χ1n) is 12.5. The molecule has 36 heavy (non-hydrogen) atoms. The average molecular weight is 495 g/mol. The third-order valence-electron chi connectivity index (χ3n) is 6.65. The molecule has 1 fully saturated rings. The van der Waals surface area contributed by atoms with Gasteiger partial charge in [0.15, 0.2) is 0 Å². The number of rotatable bonds is 10. The number of aliphatic hydroxyl groups excluding tert-OH is 2. The summed E-state index contributed by atoms with van der Waals surface area (Å²) in [7, 11) is 0. The van der Waals surface area contributed by atoms with Crippen LogP contribution in [0.4, 0.5) is 0 Å². The van der Waals surface area contributed by atoms with Crippen LogP contribution in [0.25, 0.3) is 22.8 Å². The number of ether oxygens (including phenoxy) is 1. The lowest BCUT2D eigenvalue weighted by Gasteiger charge is -2.18. The molecule has 2 heterocycles. The van der Waals surface area contributed by atoms with Crippen molar-refractivity contribution in [3.05, 3.63) is 46.8 Å². The van der Waals surface area contributed by atoms with Crippen molar-refractivity contribution in [2.24, 2.45) is 5.73 Å². The maximum Gasteiger partial charge on any atom is 0.258 e. The van der Waals surface area contributed by atoms with Crippen LogP contribution in [0.2, 0.25) is 0 Å². The van der Waals surface area contributed by atoms with Crippen LogP contribution in [0.1, 0.15) is 67.5 Å². The summed E-state index contributed by atoms with van der Waals surface area (Å²) in [5, 5.41) is 23.9. The molecule has 3 aromatic rings. The molecule has 4 N–H and O–H groups in total. The van der Waals surface area contributed by atoms with E-state index in [1.165, 1.54) is 25.7 Å². The fraction of sp³-hybridized carbons (Fsp3) is 0.481. The first-order chi connectivity index (χ1) is 17.2. The average Bonchev–Trinajstić information content (AvgIpc) is 3.55. The maximum atomic E-state index is 11.0.